The van der Waals surface area contributed by atoms with Crippen LogP contribution in [0, 0.1) is 6.92 Å². The Kier molecular flexibility index (Phi) is 5.81. The Balaban J connectivity index is 1.55. The number of carbonyl (C=O) groups is 2. The minimum Gasteiger partial charge on any atom is -0.396 e. The molecule has 1 aliphatic rings. The van der Waals surface area contributed by atoms with Crippen molar-refractivity contribution in [2.24, 2.45) is 0 Å². The molecule has 4 rings (SSSR count). The van der Waals surface area contributed by atoms with Gasteiger partial charge >= 0.3 is 0 Å². The van der Waals surface area contributed by atoms with Gasteiger partial charge in [0.05, 0.1) is 6.42 Å². The Morgan fingerprint density at radius 1 is 1.20 bits per heavy atom. The number of fused-ring (bicyclic) bond motifs is 1. The molecule has 2 amide bonds. The molecule has 2 aromatic carbocycles. The maximum atomic E-state index is 12.4. The van der Waals surface area contributed by atoms with Gasteiger partial charge in [0, 0.05) is 30.1 Å². The molecule has 0 radical (unpaired) electrons. The van der Waals surface area contributed by atoms with Crippen LogP contribution < -0.4 is 10.6 Å². The van der Waals surface area contributed by atoms with Crippen molar-refractivity contribution in [2.75, 3.05) is 13.2 Å². The molecule has 1 fully saturated rings. The number of nitrogens with zero attached hydrogens (tertiary/aromatic N) is 1. The summed E-state index contributed by atoms with van der Waals surface area (Å²) in [6.45, 7) is 2.47. The molecule has 1 heterocycles. The van der Waals surface area contributed by atoms with Crippen LogP contribution in [-0.4, -0.2) is 41.3 Å². The number of amides is 2. The Morgan fingerprint density at radius 3 is 2.80 bits per heavy atom. The number of hydrogen-bond donors (Lipinski definition) is 3. The number of nitrogens with one attached hydrogen (secondary N) is 2. The van der Waals surface area contributed by atoms with E-state index in [1.54, 1.807) is 0 Å². The van der Waals surface area contributed by atoms with Crippen LogP contribution in [0.5, 0.6) is 0 Å². The van der Waals surface area contributed by atoms with Crippen molar-refractivity contribution in [3.63, 3.8) is 0 Å². The van der Waals surface area contributed by atoms with Crippen molar-refractivity contribution in [2.45, 2.75) is 38.6 Å². The summed E-state index contributed by atoms with van der Waals surface area (Å²) in [6.07, 6.45) is 2.74. The molecular formula is C23H25N3O4. The fourth-order valence-electron chi connectivity index (χ4n) is 3.38. The average molecular weight is 407 g/mol. The van der Waals surface area contributed by atoms with Gasteiger partial charge in [0.2, 0.25) is 5.91 Å². The molecule has 30 heavy (non-hydrogen) atoms. The summed E-state index contributed by atoms with van der Waals surface area (Å²) in [4.78, 5) is 24.4. The second-order valence-electron chi connectivity index (χ2n) is 7.72. The molecule has 3 aromatic rings. The van der Waals surface area contributed by atoms with Crippen LogP contribution in [0.25, 0.3) is 22.1 Å². The first-order valence-electron chi connectivity index (χ1n) is 10.2. The first-order valence-corrected chi connectivity index (χ1v) is 10.2. The lowest BCUT2D eigenvalue weighted by atomic mass is 9.97. The third kappa shape index (κ3) is 4.52. The maximum Gasteiger partial charge on any atom is 0.251 e. The van der Waals surface area contributed by atoms with E-state index in [2.05, 4.69) is 15.8 Å². The molecule has 1 saturated carbocycles. The lowest BCUT2D eigenvalue weighted by Gasteiger charge is -2.10. The quantitative estimate of drug-likeness (QED) is 0.498. The molecule has 3 N–H and O–H groups in total. The maximum absolute atomic E-state index is 12.4. The number of benzene rings is 2. The lowest BCUT2D eigenvalue weighted by molar-refractivity contribution is -0.120. The molecule has 0 atom stereocenters. The highest BCUT2D eigenvalue weighted by Crippen LogP contribution is 2.30. The van der Waals surface area contributed by atoms with E-state index in [1.807, 2.05) is 43.3 Å². The predicted molar refractivity (Wildman–Crippen MR) is 113 cm³/mol. The normalized spacial score (nSPS) is 13.4. The van der Waals surface area contributed by atoms with Gasteiger partial charge in [-0.2, -0.15) is 0 Å². The number of aromatic nitrogens is 1. The third-order valence-corrected chi connectivity index (χ3v) is 5.26. The van der Waals surface area contributed by atoms with Gasteiger partial charge in [-0.3, -0.25) is 9.59 Å². The molecule has 0 spiro atoms. The van der Waals surface area contributed by atoms with Crippen LogP contribution in [-0.2, 0) is 11.2 Å². The zero-order valence-electron chi connectivity index (χ0n) is 16.9. The third-order valence-electron chi connectivity index (χ3n) is 5.26. The minimum atomic E-state index is -0.159. The summed E-state index contributed by atoms with van der Waals surface area (Å²) in [5, 5.41) is 19.4. The Labute approximate surface area is 174 Å². The molecule has 0 aliphatic heterocycles. The van der Waals surface area contributed by atoms with E-state index in [9.17, 15) is 9.59 Å². The summed E-state index contributed by atoms with van der Waals surface area (Å²) in [5.74, 6) is -0.207. The highest BCUT2D eigenvalue weighted by Gasteiger charge is 2.24. The highest BCUT2D eigenvalue weighted by atomic mass is 16.5. The van der Waals surface area contributed by atoms with E-state index < -0.39 is 0 Å². The zero-order chi connectivity index (χ0) is 21.1. The van der Waals surface area contributed by atoms with Gasteiger partial charge in [-0.15, -0.1) is 0 Å². The molecule has 0 unspecified atom stereocenters. The van der Waals surface area contributed by atoms with E-state index in [-0.39, 0.29) is 24.8 Å². The fraction of sp³-hybridized carbons (Fsp3) is 0.348. The molecule has 1 aliphatic carbocycles. The van der Waals surface area contributed by atoms with Crippen LogP contribution in [0.2, 0.25) is 0 Å². The van der Waals surface area contributed by atoms with Gasteiger partial charge in [-0.1, -0.05) is 17.3 Å². The van der Waals surface area contributed by atoms with Gasteiger partial charge in [0.25, 0.3) is 5.91 Å². The summed E-state index contributed by atoms with van der Waals surface area (Å²) < 4.78 is 5.47. The molecule has 0 saturated heterocycles. The first-order chi connectivity index (χ1) is 14.5. The molecule has 7 nitrogen and oxygen atoms in total. The van der Waals surface area contributed by atoms with Crippen molar-refractivity contribution >= 4 is 22.8 Å². The summed E-state index contributed by atoms with van der Waals surface area (Å²) in [7, 11) is 0. The van der Waals surface area contributed by atoms with Gasteiger partial charge in [-0.25, -0.2) is 0 Å². The zero-order valence-corrected chi connectivity index (χ0v) is 16.9. The van der Waals surface area contributed by atoms with Crippen LogP contribution >= 0.6 is 0 Å². The number of aryl methyl sites for hydroxylation is 1. The largest absolute Gasteiger partial charge is 0.396 e. The van der Waals surface area contributed by atoms with Crippen molar-refractivity contribution in [1.82, 2.24) is 15.8 Å². The van der Waals surface area contributed by atoms with Gasteiger partial charge < -0.3 is 20.3 Å². The number of carbonyl (C=O) groups excluding carboxylic acids is 2. The fourth-order valence-corrected chi connectivity index (χ4v) is 3.38. The molecule has 156 valence electrons. The van der Waals surface area contributed by atoms with Crippen LogP contribution in [0.1, 0.15) is 40.9 Å². The Hall–Kier alpha value is -3.19. The SMILES string of the molecule is Cc1ccc(C(=O)NC2CC2)cc1-c1ccc2c(CC(=O)NCCCO)noc2c1. The topological polar surface area (TPSA) is 104 Å². The molecule has 0 bridgehead atoms. The molecule has 1 aromatic heterocycles. The molecular weight excluding hydrogens is 382 g/mol. The van der Waals surface area contributed by atoms with Crippen LogP contribution in [0.3, 0.4) is 0 Å². The van der Waals surface area contributed by atoms with Crippen LogP contribution in [0.15, 0.2) is 40.9 Å². The van der Waals surface area contributed by atoms with Crippen molar-refractivity contribution < 1.29 is 19.2 Å². The number of hydrogen-bond acceptors (Lipinski definition) is 5. The summed E-state index contributed by atoms with van der Waals surface area (Å²) in [5.41, 5.74) is 4.75. The highest BCUT2D eigenvalue weighted by molar-refractivity contribution is 5.96. The smallest absolute Gasteiger partial charge is 0.251 e. The standard InChI is InChI=1S/C23H25N3O4/c1-14-3-4-16(23(29)25-17-6-7-17)11-19(14)15-5-8-18-20(26-30-21(18)12-15)13-22(28)24-9-2-10-27/h3-5,8,11-12,17,27H,2,6-7,9-10,13H2,1H3,(H,24,28)(H,25,29). The predicted octanol–water partition coefficient (Wildman–Crippen LogP) is 2.74. The average Bonchev–Trinajstić information content (AvgIpc) is 3.47. The minimum absolute atomic E-state index is 0.0405. The second-order valence-corrected chi connectivity index (χ2v) is 7.72. The number of aliphatic hydroxyl groups excluding tert-OH is 1. The van der Waals surface area contributed by atoms with Crippen molar-refractivity contribution in [1.29, 1.82) is 0 Å². The van der Waals surface area contributed by atoms with Crippen molar-refractivity contribution in [3.05, 3.63) is 53.2 Å². The first kappa shape index (κ1) is 20.1. The Morgan fingerprint density at radius 2 is 2.03 bits per heavy atom. The number of rotatable bonds is 8. The van der Waals surface area contributed by atoms with E-state index in [1.165, 1.54) is 0 Å². The van der Waals surface area contributed by atoms with E-state index in [4.69, 9.17) is 9.63 Å². The lowest BCUT2D eigenvalue weighted by Crippen LogP contribution is -2.26. The van der Waals surface area contributed by atoms with Crippen molar-refractivity contribution in [3.8, 4) is 11.1 Å². The van der Waals surface area contributed by atoms with Gasteiger partial charge in [0.1, 0.15) is 5.69 Å². The van der Waals surface area contributed by atoms with Gasteiger partial charge in [-0.05, 0) is 67.1 Å². The van der Waals surface area contributed by atoms with Crippen LogP contribution in [0.4, 0.5) is 0 Å². The summed E-state index contributed by atoms with van der Waals surface area (Å²) >= 11 is 0. The van der Waals surface area contributed by atoms with E-state index in [0.29, 0.717) is 35.8 Å². The number of aliphatic hydroxyl groups is 1. The summed E-state index contributed by atoms with van der Waals surface area (Å²) in [6, 6.07) is 11.7. The second kappa shape index (κ2) is 8.67. The van der Waals surface area contributed by atoms with E-state index in [0.717, 1.165) is 34.9 Å². The molecule has 7 heteroatoms. The van der Waals surface area contributed by atoms with E-state index >= 15 is 0 Å². The van der Waals surface area contributed by atoms with Gasteiger partial charge in [0.15, 0.2) is 5.58 Å². The Bertz CT molecular complexity index is 1090. The monoisotopic (exact) mass is 407 g/mol.